The lowest BCUT2D eigenvalue weighted by Gasteiger charge is -2.45. The zero-order valence-corrected chi connectivity index (χ0v) is 14.5. The molecule has 2 saturated heterocycles. The molecule has 2 aliphatic rings. The Bertz CT molecular complexity index is 415. The van der Waals surface area contributed by atoms with Gasteiger partial charge in [-0.3, -0.25) is 0 Å². The number of likely N-dealkylation sites (tertiary alicyclic amines) is 1. The van der Waals surface area contributed by atoms with Crippen LogP contribution in [-0.4, -0.2) is 70.7 Å². The molecule has 6 nitrogen and oxygen atoms in total. The van der Waals surface area contributed by atoms with Gasteiger partial charge in [0.05, 0.1) is 0 Å². The fourth-order valence-corrected chi connectivity index (χ4v) is 3.25. The molecule has 126 valence electrons. The smallest absolute Gasteiger partial charge is 0.410 e. The number of hydrogen-bond acceptors (Lipinski definition) is 3. The third kappa shape index (κ3) is 3.84. The van der Waals surface area contributed by atoms with Crippen molar-refractivity contribution >= 4 is 12.1 Å². The number of rotatable bonds is 0. The highest BCUT2D eigenvalue weighted by Gasteiger charge is 2.38. The first-order valence-electron chi connectivity index (χ1n) is 8.24. The number of piperazine rings is 1. The summed E-state index contributed by atoms with van der Waals surface area (Å²) in [6, 6.07) is 0.120. The van der Waals surface area contributed by atoms with Gasteiger partial charge in [0, 0.05) is 38.3 Å². The summed E-state index contributed by atoms with van der Waals surface area (Å²) in [7, 11) is 0. The van der Waals surface area contributed by atoms with Crippen molar-refractivity contribution in [2.75, 3.05) is 26.2 Å². The Morgan fingerprint density at radius 3 is 1.91 bits per heavy atom. The molecule has 2 rings (SSSR count). The molecule has 22 heavy (non-hydrogen) atoms. The lowest BCUT2D eigenvalue weighted by atomic mass is 10.1. The van der Waals surface area contributed by atoms with E-state index in [2.05, 4.69) is 0 Å². The topological polar surface area (TPSA) is 53.1 Å². The van der Waals surface area contributed by atoms with E-state index in [0.29, 0.717) is 13.1 Å². The molecule has 0 aromatic rings. The molecule has 2 aliphatic heterocycles. The summed E-state index contributed by atoms with van der Waals surface area (Å²) in [5.74, 6) is 0. The van der Waals surface area contributed by atoms with Crippen LogP contribution in [0.5, 0.6) is 0 Å². The molecule has 0 aromatic heterocycles. The van der Waals surface area contributed by atoms with Crippen LogP contribution in [0, 0.1) is 0 Å². The van der Waals surface area contributed by atoms with E-state index in [0.717, 1.165) is 25.9 Å². The summed E-state index contributed by atoms with van der Waals surface area (Å²) in [6.07, 6.45) is 1.89. The van der Waals surface area contributed by atoms with Crippen molar-refractivity contribution < 1.29 is 14.3 Å². The molecule has 2 heterocycles. The summed E-state index contributed by atoms with van der Waals surface area (Å²) in [5, 5.41) is 0. The van der Waals surface area contributed by atoms with Crippen LogP contribution in [0.25, 0.3) is 0 Å². The molecule has 2 fully saturated rings. The predicted octanol–water partition coefficient (Wildman–Crippen LogP) is 2.53. The molecule has 3 amide bonds. The Morgan fingerprint density at radius 2 is 1.45 bits per heavy atom. The van der Waals surface area contributed by atoms with Gasteiger partial charge >= 0.3 is 12.1 Å². The lowest BCUT2D eigenvalue weighted by Crippen LogP contribution is -2.62. The number of nitrogens with zero attached hydrogens (tertiary/aromatic N) is 3. The van der Waals surface area contributed by atoms with Gasteiger partial charge in [-0.1, -0.05) is 0 Å². The Balaban J connectivity index is 1.99. The van der Waals surface area contributed by atoms with Crippen molar-refractivity contribution in [1.82, 2.24) is 14.7 Å². The maximum atomic E-state index is 12.6. The number of hydrogen-bond donors (Lipinski definition) is 0. The molecule has 0 aromatic carbocycles. The second kappa shape index (κ2) is 6.34. The summed E-state index contributed by atoms with van der Waals surface area (Å²) >= 11 is 0. The van der Waals surface area contributed by atoms with Crippen LogP contribution in [0.3, 0.4) is 0 Å². The van der Waals surface area contributed by atoms with Crippen molar-refractivity contribution in [2.24, 2.45) is 0 Å². The maximum absolute atomic E-state index is 12.6. The van der Waals surface area contributed by atoms with E-state index in [1.54, 1.807) is 4.90 Å². The molecular weight excluding hydrogens is 282 g/mol. The molecule has 2 atom stereocenters. The average molecular weight is 311 g/mol. The molecule has 0 aliphatic carbocycles. The molecule has 0 N–H and O–H groups in total. The van der Waals surface area contributed by atoms with Crippen molar-refractivity contribution in [3.8, 4) is 0 Å². The number of ether oxygens (including phenoxy) is 1. The van der Waals surface area contributed by atoms with Crippen LogP contribution in [-0.2, 0) is 4.74 Å². The SMILES string of the molecule is CC1CN(C(=O)OC(C)(C)C)CC(C)N1C(=O)N1CCCC1. The largest absolute Gasteiger partial charge is 0.444 e. The maximum Gasteiger partial charge on any atom is 0.410 e. The predicted molar refractivity (Wildman–Crippen MR) is 84.8 cm³/mol. The van der Waals surface area contributed by atoms with Crippen molar-refractivity contribution in [3.63, 3.8) is 0 Å². The van der Waals surface area contributed by atoms with Gasteiger partial charge in [0.15, 0.2) is 0 Å². The first-order valence-corrected chi connectivity index (χ1v) is 8.24. The molecule has 2 unspecified atom stereocenters. The highest BCUT2D eigenvalue weighted by atomic mass is 16.6. The molecule has 0 bridgehead atoms. The third-order valence-corrected chi connectivity index (χ3v) is 4.17. The van der Waals surface area contributed by atoms with E-state index in [4.69, 9.17) is 4.74 Å². The standard InChI is InChI=1S/C16H29N3O3/c1-12-10-18(15(21)22-16(3,4)5)11-13(2)19(12)14(20)17-8-6-7-9-17/h12-13H,6-11H2,1-5H3. The van der Waals surface area contributed by atoms with Crippen LogP contribution < -0.4 is 0 Å². The summed E-state index contributed by atoms with van der Waals surface area (Å²) in [6.45, 7) is 12.4. The minimum atomic E-state index is -0.494. The number of carbonyl (C=O) groups excluding carboxylic acids is 2. The van der Waals surface area contributed by atoms with Gasteiger partial charge in [0.1, 0.15) is 5.60 Å². The lowest BCUT2D eigenvalue weighted by molar-refractivity contribution is -0.00162. The van der Waals surface area contributed by atoms with E-state index in [9.17, 15) is 9.59 Å². The normalized spacial score (nSPS) is 26.3. The second-order valence-corrected chi connectivity index (χ2v) is 7.47. The summed E-state index contributed by atoms with van der Waals surface area (Å²) < 4.78 is 5.44. The summed E-state index contributed by atoms with van der Waals surface area (Å²) in [5.41, 5.74) is -0.494. The second-order valence-electron chi connectivity index (χ2n) is 7.47. The fourth-order valence-electron chi connectivity index (χ4n) is 3.25. The van der Waals surface area contributed by atoms with Crippen molar-refractivity contribution in [2.45, 2.75) is 65.1 Å². The van der Waals surface area contributed by atoms with E-state index >= 15 is 0 Å². The fraction of sp³-hybridized carbons (Fsp3) is 0.875. The van der Waals surface area contributed by atoms with Crippen LogP contribution >= 0.6 is 0 Å². The molecule has 0 saturated carbocycles. The van der Waals surface area contributed by atoms with E-state index in [-0.39, 0.29) is 24.2 Å². The summed E-state index contributed by atoms with van der Waals surface area (Å²) in [4.78, 5) is 30.4. The Kier molecular flexibility index (Phi) is 4.87. The van der Waals surface area contributed by atoms with Crippen molar-refractivity contribution in [1.29, 1.82) is 0 Å². The van der Waals surface area contributed by atoms with Crippen LogP contribution in [0.2, 0.25) is 0 Å². The number of urea groups is 1. The van der Waals surface area contributed by atoms with E-state index in [1.165, 1.54) is 0 Å². The van der Waals surface area contributed by atoms with Gasteiger partial charge in [-0.05, 0) is 47.5 Å². The van der Waals surface area contributed by atoms with Gasteiger partial charge in [-0.25, -0.2) is 9.59 Å². The first-order chi connectivity index (χ1) is 10.2. The van der Waals surface area contributed by atoms with Crippen LogP contribution in [0.15, 0.2) is 0 Å². The highest BCUT2D eigenvalue weighted by Crippen LogP contribution is 2.22. The zero-order valence-electron chi connectivity index (χ0n) is 14.5. The van der Waals surface area contributed by atoms with E-state index < -0.39 is 5.60 Å². The quantitative estimate of drug-likeness (QED) is 0.691. The molecule has 0 radical (unpaired) electrons. The monoisotopic (exact) mass is 311 g/mol. The highest BCUT2D eigenvalue weighted by molar-refractivity contribution is 5.76. The average Bonchev–Trinajstić information content (AvgIpc) is 2.89. The first kappa shape index (κ1) is 16.9. The Labute approximate surface area is 133 Å². The third-order valence-electron chi connectivity index (χ3n) is 4.17. The molecule has 6 heteroatoms. The number of amides is 3. The minimum Gasteiger partial charge on any atom is -0.444 e. The van der Waals surface area contributed by atoms with E-state index in [1.807, 2.05) is 44.4 Å². The van der Waals surface area contributed by atoms with Gasteiger partial charge in [0.25, 0.3) is 0 Å². The molecule has 0 spiro atoms. The Morgan fingerprint density at radius 1 is 0.955 bits per heavy atom. The Hall–Kier alpha value is -1.46. The van der Waals surface area contributed by atoms with Crippen LogP contribution in [0.1, 0.15) is 47.5 Å². The number of carbonyl (C=O) groups is 2. The molecular formula is C16H29N3O3. The zero-order chi connectivity index (χ0) is 16.5. The van der Waals surface area contributed by atoms with Gasteiger partial charge in [0.2, 0.25) is 0 Å². The minimum absolute atomic E-state index is 0.00404. The van der Waals surface area contributed by atoms with Gasteiger partial charge < -0.3 is 19.4 Å². The van der Waals surface area contributed by atoms with Crippen molar-refractivity contribution in [3.05, 3.63) is 0 Å². The van der Waals surface area contributed by atoms with Crippen LogP contribution in [0.4, 0.5) is 9.59 Å². The van der Waals surface area contributed by atoms with Gasteiger partial charge in [-0.15, -0.1) is 0 Å². The van der Waals surface area contributed by atoms with Gasteiger partial charge in [-0.2, -0.15) is 0 Å².